The molecule has 1 aromatic heterocycles. The number of alkyl halides is 2. The minimum atomic E-state index is -3.26. The first-order valence-electron chi connectivity index (χ1n) is 11.1. The van der Waals surface area contributed by atoms with Gasteiger partial charge in [0, 0.05) is 23.9 Å². The van der Waals surface area contributed by atoms with Crippen LogP contribution in [0, 0.1) is 18.7 Å². The highest BCUT2D eigenvalue weighted by atomic mass is 19.3. The summed E-state index contributed by atoms with van der Waals surface area (Å²) in [4.78, 5) is 11.3. The standard InChI is InChI=1S/C25H30F3N5/c1-13(2)25(27,28)18-10-8-9-16(22(18)26)14(3)29-23-17-11-20-21(33(7)24(5,6)32-20)12-19(17)30-15(4)31-23/h8-14,32H,1-7H3,(H,29,30,31)/t14-/m1/s1. The fourth-order valence-electron chi connectivity index (χ4n) is 4.22. The van der Waals surface area contributed by atoms with Crippen LogP contribution in [0.4, 0.5) is 30.4 Å². The largest absolute Gasteiger partial charge is 0.363 e. The fourth-order valence-corrected chi connectivity index (χ4v) is 4.22. The highest BCUT2D eigenvalue weighted by Crippen LogP contribution is 2.43. The number of rotatable bonds is 5. The van der Waals surface area contributed by atoms with Crippen LogP contribution in [0.1, 0.15) is 57.6 Å². The third-order valence-corrected chi connectivity index (χ3v) is 6.50. The Morgan fingerprint density at radius 2 is 1.82 bits per heavy atom. The van der Waals surface area contributed by atoms with E-state index in [1.807, 2.05) is 19.2 Å². The Balaban J connectivity index is 1.75. The smallest absolute Gasteiger partial charge is 0.278 e. The van der Waals surface area contributed by atoms with Gasteiger partial charge in [0.1, 0.15) is 23.1 Å². The minimum absolute atomic E-state index is 0.164. The van der Waals surface area contributed by atoms with Crippen molar-refractivity contribution >= 4 is 28.1 Å². The van der Waals surface area contributed by atoms with E-state index in [0.717, 1.165) is 28.3 Å². The summed E-state index contributed by atoms with van der Waals surface area (Å²) >= 11 is 0. The molecule has 2 heterocycles. The van der Waals surface area contributed by atoms with E-state index in [4.69, 9.17) is 0 Å². The van der Waals surface area contributed by atoms with Gasteiger partial charge < -0.3 is 15.5 Å². The van der Waals surface area contributed by atoms with Gasteiger partial charge in [0.2, 0.25) is 0 Å². The summed E-state index contributed by atoms with van der Waals surface area (Å²) in [6.07, 6.45) is 0. The van der Waals surface area contributed by atoms with Crippen molar-refractivity contribution in [1.82, 2.24) is 9.97 Å². The van der Waals surface area contributed by atoms with Gasteiger partial charge in [-0.05, 0) is 39.8 Å². The monoisotopic (exact) mass is 457 g/mol. The quantitative estimate of drug-likeness (QED) is 0.452. The van der Waals surface area contributed by atoms with E-state index >= 15 is 4.39 Å². The summed E-state index contributed by atoms with van der Waals surface area (Å²) in [7, 11) is 2.02. The second-order valence-corrected chi connectivity index (χ2v) is 9.60. The molecule has 0 fully saturated rings. The molecule has 0 aliphatic carbocycles. The van der Waals surface area contributed by atoms with E-state index < -0.39 is 29.3 Å². The van der Waals surface area contributed by atoms with Crippen LogP contribution in [0.5, 0.6) is 0 Å². The number of anilines is 3. The van der Waals surface area contributed by atoms with E-state index in [2.05, 4.69) is 39.3 Å². The van der Waals surface area contributed by atoms with Crippen LogP contribution in [-0.4, -0.2) is 22.7 Å². The molecule has 1 aliphatic heterocycles. The second kappa shape index (κ2) is 7.78. The molecular formula is C25H30F3N5. The predicted octanol–water partition coefficient (Wildman–Crippen LogP) is 6.60. The predicted molar refractivity (Wildman–Crippen MR) is 128 cm³/mol. The van der Waals surface area contributed by atoms with Gasteiger partial charge in [0.25, 0.3) is 5.92 Å². The Morgan fingerprint density at radius 3 is 2.48 bits per heavy atom. The zero-order valence-corrected chi connectivity index (χ0v) is 20.0. The van der Waals surface area contributed by atoms with Gasteiger partial charge in [-0.1, -0.05) is 32.0 Å². The first kappa shape index (κ1) is 23.1. The maximum absolute atomic E-state index is 15.2. The Hall–Kier alpha value is -3.03. The fraction of sp³-hybridized carbons (Fsp3) is 0.440. The molecular weight excluding hydrogens is 427 g/mol. The lowest BCUT2D eigenvalue weighted by Crippen LogP contribution is -2.42. The van der Waals surface area contributed by atoms with Crippen molar-refractivity contribution in [2.45, 2.75) is 59.2 Å². The highest BCUT2D eigenvalue weighted by Gasteiger charge is 2.39. The van der Waals surface area contributed by atoms with Crippen LogP contribution >= 0.6 is 0 Å². The van der Waals surface area contributed by atoms with Gasteiger partial charge in [-0.15, -0.1) is 0 Å². The molecule has 8 heteroatoms. The summed E-state index contributed by atoms with van der Waals surface area (Å²) in [6, 6.07) is 7.54. The molecule has 0 radical (unpaired) electrons. The van der Waals surface area contributed by atoms with E-state index in [1.54, 1.807) is 13.8 Å². The van der Waals surface area contributed by atoms with Gasteiger partial charge in [-0.2, -0.15) is 0 Å². The molecule has 0 saturated heterocycles. The number of hydrogen-bond acceptors (Lipinski definition) is 5. The molecule has 3 aromatic rings. The summed E-state index contributed by atoms with van der Waals surface area (Å²) in [5.41, 5.74) is 2.05. The molecule has 0 spiro atoms. The first-order valence-corrected chi connectivity index (χ1v) is 11.1. The van der Waals surface area contributed by atoms with Crippen molar-refractivity contribution in [3.8, 4) is 0 Å². The van der Waals surface area contributed by atoms with Crippen molar-refractivity contribution in [2.75, 3.05) is 22.6 Å². The number of nitrogens with zero attached hydrogens (tertiary/aromatic N) is 3. The summed E-state index contributed by atoms with van der Waals surface area (Å²) < 4.78 is 44.4. The maximum Gasteiger partial charge on any atom is 0.278 e. The van der Waals surface area contributed by atoms with Crippen LogP contribution in [0.25, 0.3) is 10.9 Å². The number of hydrogen-bond donors (Lipinski definition) is 2. The molecule has 0 unspecified atom stereocenters. The number of fused-ring (bicyclic) bond motifs is 2. The van der Waals surface area contributed by atoms with Gasteiger partial charge in [0.05, 0.1) is 28.5 Å². The third-order valence-electron chi connectivity index (χ3n) is 6.50. The lowest BCUT2D eigenvalue weighted by atomic mass is 9.94. The summed E-state index contributed by atoms with van der Waals surface area (Å²) in [5.74, 6) is -4.08. The molecule has 0 amide bonds. The Morgan fingerprint density at radius 1 is 1.12 bits per heavy atom. The Kier molecular flexibility index (Phi) is 5.46. The molecule has 5 nitrogen and oxygen atoms in total. The van der Waals surface area contributed by atoms with Crippen molar-refractivity contribution in [1.29, 1.82) is 0 Å². The molecule has 2 N–H and O–H groups in total. The Labute approximate surface area is 192 Å². The third kappa shape index (κ3) is 3.85. The molecule has 1 atom stereocenters. The van der Waals surface area contributed by atoms with Crippen molar-refractivity contribution in [2.24, 2.45) is 5.92 Å². The summed E-state index contributed by atoms with van der Waals surface area (Å²) in [5, 5.41) is 7.49. The van der Waals surface area contributed by atoms with Crippen LogP contribution in [0.15, 0.2) is 30.3 Å². The van der Waals surface area contributed by atoms with Crippen molar-refractivity contribution in [3.63, 3.8) is 0 Å². The van der Waals surface area contributed by atoms with E-state index in [-0.39, 0.29) is 11.2 Å². The maximum atomic E-state index is 15.2. The van der Waals surface area contributed by atoms with Gasteiger partial charge in [-0.25, -0.2) is 23.1 Å². The van der Waals surface area contributed by atoms with Crippen LogP contribution in [0.3, 0.4) is 0 Å². The first-order chi connectivity index (χ1) is 15.3. The van der Waals surface area contributed by atoms with Crippen molar-refractivity contribution < 1.29 is 13.2 Å². The van der Waals surface area contributed by atoms with E-state index in [9.17, 15) is 8.78 Å². The Bertz CT molecular complexity index is 1220. The summed E-state index contributed by atoms with van der Waals surface area (Å²) in [6.45, 7) is 10.5. The highest BCUT2D eigenvalue weighted by molar-refractivity contribution is 5.98. The lowest BCUT2D eigenvalue weighted by molar-refractivity contribution is -0.0545. The molecule has 4 rings (SSSR count). The topological polar surface area (TPSA) is 53.1 Å². The van der Waals surface area contributed by atoms with Gasteiger partial charge in [-0.3, -0.25) is 0 Å². The zero-order chi connectivity index (χ0) is 24.3. The number of aromatic nitrogens is 2. The zero-order valence-electron chi connectivity index (χ0n) is 20.0. The van der Waals surface area contributed by atoms with Crippen molar-refractivity contribution in [3.05, 3.63) is 53.1 Å². The van der Waals surface area contributed by atoms with Crippen LogP contribution in [-0.2, 0) is 5.92 Å². The average molecular weight is 458 g/mol. The minimum Gasteiger partial charge on any atom is -0.363 e. The van der Waals surface area contributed by atoms with E-state index in [1.165, 1.54) is 26.0 Å². The van der Waals surface area contributed by atoms with Gasteiger partial charge >= 0.3 is 0 Å². The van der Waals surface area contributed by atoms with E-state index in [0.29, 0.717) is 11.6 Å². The molecule has 0 bridgehead atoms. The normalized spacial score (nSPS) is 16.2. The molecule has 33 heavy (non-hydrogen) atoms. The number of benzene rings is 2. The average Bonchev–Trinajstić information content (AvgIpc) is 2.94. The second-order valence-electron chi connectivity index (χ2n) is 9.60. The van der Waals surface area contributed by atoms with Crippen LogP contribution < -0.4 is 15.5 Å². The lowest BCUT2D eigenvalue weighted by Gasteiger charge is -2.29. The number of aryl methyl sites for hydroxylation is 1. The van der Waals surface area contributed by atoms with Gasteiger partial charge in [0.15, 0.2) is 0 Å². The molecule has 176 valence electrons. The molecule has 2 aromatic carbocycles. The van der Waals surface area contributed by atoms with Crippen LogP contribution in [0.2, 0.25) is 0 Å². The SMILES string of the molecule is Cc1nc(N[C@H](C)c2cccc(C(F)(F)C(C)C)c2F)c2cc3c(cc2n1)N(C)C(C)(C)N3. The number of nitrogens with one attached hydrogen (secondary N) is 2. The molecule has 1 aliphatic rings. The number of halogens is 3. The molecule has 0 saturated carbocycles.